The summed E-state index contributed by atoms with van der Waals surface area (Å²) in [7, 11) is 1.45. The molecule has 0 heterocycles. The Balaban J connectivity index is 3.21. The predicted octanol–water partition coefficient (Wildman–Crippen LogP) is 3.09. The Morgan fingerprint density at radius 1 is 1.50 bits per heavy atom. The summed E-state index contributed by atoms with van der Waals surface area (Å²) in [4.78, 5) is 10.5. The highest BCUT2D eigenvalue weighted by Crippen LogP contribution is 2.32. The Morgan fingerprint density at radius 3 is 2.69 bits per heavy atom. The highest BCUT2D eigenvalue weighted by molar-refractivity contribution is 5.53. The fourth-order valence-electron chi connectivity index (χ4n) is 1.73. The van der Waals surface area contributed by atoms with Crippen LogP contribution in [0.1, 0.15) is 37.3 Å². The van der Waals surface area contributed by atoms with Crippen LogP contribution in [0.2, 0.25) is 0 Å². The smallest absolute Gasteiger partial charge is 0.165 e. The molecule has 88 valence electrons. The van der Waals surface area contributed by atoms with Crippen LogP contribution in [0.4, 0.5) is 4.39 Å². The number of halogens is 1. The molecule has 0 saturated heterocycles. The molecule has 0 amide bonds. The number of methoxy groups -OCH3 is 1. The van der Waals surface area contributed by atoms with Gasteiger partial charge in [0.25, 0.3) is 0 Å². The molecule has 1 aromatic carbocycles. The van der Waals surface area contributed by atoms with Crippen LogP contribution < -0.4 is 4.74 Å². The summed E-state index contributed by atoms with van der Waals surface area (Å²) in [6.45, 7) is 3.86. The monoisotopic (exact) mass is 224 g/mol. The van der Waals surface area contributed by atoms with Crippen molar-refractivity contribution in [1.29, 1.82) is 0 Å². The second-order valence-corrected chi connectivity index (χ2v) is 3.86. The molecule has 0 saturated carbocycles. The summed E-state index contributed by atoms with van der Waals surface area (Å²) in [6, 6.07) is 3.39. The van der Waals surface area contributed by atoms with E-state index in [1.165, 1.54) is 13.2 Å². The number of aryl methyl sites for hydroxylation is 1. The van der Waals surface area contributed by atoms with E-state index >= 15 is 0 Å². The standard InChI is InChI=1S/C13H17FO2/c1-4-10-7-11(9(2)5-6-15)13(16-3)12(14)8-10/h6-9H,4-5H2,1-3H3. The molecule has 0 radical (unpaired) electrons. The summed E-state index contributed by atoms with van der Waals surface area (Å²) in [5.74, 6) is -0.116. The van der Waals surface area contributed by atoms with Gasteiger partial charge in [-0.15, -0.1) is 0 Å². The summed E-state index contributed by atoms with van der Waals surface area (Å²) in [6.07, 6.45) is 1.99. The van der Waals surface area contributed by atoms with Crippen molar-refractivity contribution >= 4 is 6.29 Å². The molecule has 2 nitrogen and oxygen atoms in total. The first kappa shape index (κ1) is 12.7. The maximum atomic E-state index is 13.7. The van der Waals surface area contributed by atoms with Gasteiger partial charge in [0.2, 0.25) is 0 Å². The summed E-state index contributed by atoms with van der Waals surface area (Å²) >= 11 is 0. The van der Waals surface area contributed by atoms with Gasteiger partial charge >= 0.3 is 0 Å². The second kappa shape index (κ2) is 5.64. The molecule has 0 aliphatic heterocycles. The van der Waals surface area contributed by atoms with E-state index in [2.05, 4.69) is 0 Å². The summed E-state index contributed by atoms with van der Waals surface area (Å²) in [5.41, 5.74) is 1.69. The lowest BCUT2D eigenvalue weighted by atomic mass is 9.94. The lowest BCUT2D eigenvalue weighted by Crippen LogP contribution is -2.02. The van der Waals surface area contributed by atoms with Gasteiger partial charge in [0.05, 0.1) is 7.11 Å². The lowest BCUT2D eigenvalue weighted by Gasteiger charge is -2.15. The number of hydrogen-bond donors (Lipinski definition) is 0. The van der Waals surface area contributed by atoms with Crippen molar-refractivity contribution < 1.29 is 13.9 Å². The average Bonchev–Trinajstić information content (AvgIpc) is 2.28. The third kappa shape index (κ3) is 2.60. The number of aldehydes is 1. The first-order valence-corrected chi connectivity index (χ1v) is 5.43. The van der Waals surface area contributed by atoms with Gasteiger partial charge in [0.15, 0.2) is 11.6 Å². The largest absolute Gasteiger partial charge is 0.493 e. The van der Waals surface area contributed by atoms with Gasteiger partial charge < -0.3 is 9.53 Å². The average molecular weight is 224 g/mol. The third-order valence-electron chi connectivity index (χ3n) is 2.73. The van der Waals surface area contributed by atoms with Crippen molar-refractivity contribution in [2.45, 2.75) is 32.6 Å². The van der Waals surface area contributed by atoms with Crippen molar-refractivity contribution in [2.24, 2.45) is 0 Å². The molecule has 1 aromatic rings. The molecular formula is C13H17FO2. The van der Waals surface area contributed by atoms with Crippen LogP contribution in [-0.4, -0.2) is 13.4 Å². The normalized spacial score (nSPS) is 12.2. The van der Waals surface area contributed by atoms with E-state index in [1.54, 1.807) is 0 Å². The minimum absolute atomic E-state index is 0.0200. The SMILES string of the molecule is CCc1cc(F)c(OC)c(C(C)CC=O)c1. The Labute approximate surface area is 95.4 Å². The van der Waals surface area contributed by atoms with Crippen LogP contribution in [0.5, 0.6) is 5.75 Å². The van der Waals surface area contributed by atoms with Crippen molar-refractivity contribution in [2.75, 3.05) is 7.11 Å². The van der Waals surface area contributed by atoms with E-state index in [4.69, 9.17) is 4.74 Å². The van der Waals surface area contributed by atoms with E-state index in [0.29, 0.717) is 6.42 Å². The third-order valence-corrected chi connectivity index (χ3v) is 2.73. The Morgan fingerprint density at radius 2 is 2.19 bits per heavy atom. The molecule has 0 aliphatic carbocycles. The van der Waals surface area contributed by atoms with Crippen molar-refractivity contribution in [3.63, 3.8) is 0 Å². The summed E-state index contributed by atoms with van der Waals surface area (Å²) < 4.78 is 18.7. The van der Waals surface area contributed by atoms with Crippen LogP contribution in [0.3, 0.4) is 0 Å². The molecule has 0 N–H and O–H groups in total. The minimum Gasteiger partial charge on any atom is -0.493 e. The van der Waals surface area contributed by atoms with Crippen LogP contribution >= 0.6 is 0 Å². The Bertz CT molecular complexity index is 374. The van der Waals surface area contributed by atoms with Crippen LogP contribution in [-0.2, 0) is 11.2 Å². The number of rotatable bonds is 5. The molecule has 3 heteroatoms. The van der Waals surface area contributed by atoms with Gasteiger partial charge in [-0.25, -0.2) is 4.39 Å². The van der Waals surface area contributed by atoms with Crippen molar-refractivity contribution in [1.82, 2.24) is 0 Å². The maximum Gasteiger partial charge on any atom is 0.165 e. The van der Waals surface area contributed by atoms with E-state index in [-0.39, 0.29) is 17.5 Å². The van der Waals surface area contributed by atoms with Crippen LogP contribution in [0, 0.1) is 5.82 Å². The zero-order valence-electron chi connectivity index (χ0n) is 9.92. The molecule has 1 unspecified atom stereocenters. The fourth-order valence-corrected chi connectivity index (χ4v) is 1.73. The fraction of sp³-hybridized carbons (Fsp3) is 0.462. The summed E-state index contributed by atoms with van der Waals surface area (Å²) in [5, 5.41) is 0. The molecular weight excluding hydrogens is 207 g/mol. The predicted molar refractivity (Wildman–Crippen MR) is 61.4 cm³/mol. The van der Waals surface area contributed by atoms with Gasteiger partial charge in [-0.05, 0) is 24.0 Å². The zero-order chi connectivity index (χ0) is 12.1. The number of hydrogen-bond acceptors (Lipinski definition) is 2. The van der Waals surface area contributed by atoms with Crippen molar-refractivity contribution in [3.05, 3.63) is 29.1 Å². The highest BCUT2D eigenvalue weighted by atomic mass is 19.1. The molecule has 0 spiro atoms. The van der Waals surface area contributed by atoms with E-state index < -0.39 is 0 Å². The first-order chi connectivity index (χ1) is 7.63. The van der Waals surface area contributed by atoms with Gasteiger partial charge in [-0.2, -0.15) is 0 Å². The molecule has 0 fully saturated rings. The molecule has 0 bridgehead atoms. The first-order valence-electron chi connectivity index (χ1n) is 5.43. The van der Waals surface area contributed by atoms with E-state index in [1.807, 2.05) is 19.9 Å². The minimum atomic E-state index is -0.352. The van der Waals surface area contributed by atoms with E-state index in [9.17, 15) is 9.18 Å². The van der Waals surface area contributed by atoms with Crippen LogP contribution in [0.25, 0.3) is 0 Å². The number of carbonyl (C=O) groups excluding carboxylic acids is 1. The van der Waals surface area contributed by atoms with Crippen molar-refractivity contribution in [3.8, 4) is 5.75 Å². The zero-order valence-corrected chi connectivity index (χ0v) is 9.92. The van der Waals surface area contributed by atoms with Gasteiger partial charge in [-0.3, -0.25) is 0 Å². The molecule has 1 rings (SSSR count). The topological polar surface area (TPSA) is 26.3 Å². The molecule has 0 aliphatic rings. The Hall–Kier alpha value is -1.38. The highest BCUT2D eigenvalue weighted by Gasteiger charge is 2.16. The molecule has 0 aromatic heterocycles. The number of ether oxygens (including phenoxy) is 1. The Kier molecular flexibility index (Phi) is 4.47. The second-order valence-electron chi connectivity index (χ2n) is 3.86. The number of carbonyl (C=O) groups is 1. The van der Waals surface area contributed by atoms with Gasteiger partial charge in [0.1, 0.15) is 6.29 Å². The maximum absolute atomic E-state index is 13.7. The van der Waals surface area contributed by atoms with E-state index in [0.717, 1.165) is 23.8 Å². The molecule has 16 heavy (non-hydrogen) atoms. The number of benzene rings is 1. The van der Waals surface area contributed by atoms with Gasteiger partial charge in [-0.1, -0.05) is 19.9 Å². The van der Waals surface area contributed by atoms with Gasteiger partial charge in [0, 0.05) is 12.0 Å². The quantitative estimate of drug-likeness (QED) is 0.718. The molecule has 1 atom stereocenters. The van der Waals surface area contributed by atoms with Crippen LogP contribution in [0.15, 0.2) is 12.1 Å². The lowest BCUT2D eigenvalue weighted by molar-refractivity contribution is -0.108.